The average molecular weight is 186 g/mol. The van der Waals surface area contributed by atoms with Crippen molar-refractivity contribution >= 4 is 5.78 Å². The van der Waals surface area contributed by atoms with Crippen molar-refractivity contribution in [3.8, 4) is 0 Å². The van der Waals surface area contributed by atoms with Crippen LogP contribution in [-0.4, -0.2) is 19.0 Å². The van der Waals surface area contributed by atoms with Gasteiger partial charge in [0.1, 0.15) is 6.10 Å². The number of carbonyl (C=O) groups excluding carboxylic acids is 1. The summed E-state index contributed by atoms with van der Waals surface area (Å²) in [6.45, 7) is 4.01. The van der Waals surface area contributed by atoms with Gasteiger partial charge >= 0.3 is 0 Å². The maximum atomic E-state index is 11.3. The Morgan fingerprint density at radius 1 is 1.23 bits per heavy atom. The lowest BCUT2D eigenvalue weighted by Gasteiger charge is -2.07. The Morgan fingerprint density at radius 3 is 2.38 bits per heavy atom. The molecule has 0 aliphatic carbocycles. The largest absolute Gasteiger partial charge is 0.374 e. The highest BCUT2D eigenvalue weighted by atomic mass is 16.5. The van der Waals surface area contributed by atoms with Crippen LogP contribution in [0.3, 0.4) is 0 Å². The minimum absolute atomic E-state index is 0.217. The summed E-state index contributed by atoms with van der Waals surface area (Å²) in [6, 6.07) is 0. The van der Waals surface area contributed by atoms with Crippen LogP contribution in [-0.2, 0) is 9.53 Å². The average Bonchev–Trinajstić information content (AvgIpc) is 2.16. The van der Waals surface area contributed by atoms with Gasteiger partial charge in [-0.05, 0) is 13.3 Å². The van der Waals surface area contributed by atoms with Gasteiger partial charge in [0.15, 0.2) is 5.78 Å². The van der Waals surface area contributed by atoms with E-state index in [1.807, 2.05) is 6.92 Å². The summed E-state index contributed by atoms with van der Waals surface area (Å²) in [6.07, 6.45) is 6.45. The Balaban J connectivity index is 3.27. The number of unbranched alkanes of at least 4 members (excludes halogenated alkanes) is 4. The van der Waals surface area contributed by atoms with E-state index in [2.05, 4.69) is 6.92 Å². The second kappa shape index (κ2) is 8.24. The summed E-state index contributed by atoms with van der Waals surface area (Å²) in [5.41, 5.74) is 0. The van der Waals surface area contributed by atoms with Crippen LogP contribution in [0, 0.1) is 0 Å². The smallest absolute Gasteiger partial charge is 0.161 e. The van der Waals surface area contributed by atoms with Crippen molar-refractivity contribution in [2.45, 2.75) is 58.5 Å². The summed E-state index contributed by atoms with van der Waals surface area (Å²) in [5.74, 6) is 0.235. The molecule has 0 heterocycles. The number of hydrogen-bond acceptors (Lipinski definition) is 2. The van der Waals surface area contributed by atoms with Crippen LogP contribution in [0.1, 0.15) is 52.4 Å². The van der Waals surface area contributed by atoms with E-state index in [4.69, 9.17) is 4.74 Å². The van der Waals surface area contributed by atoms with E-state index < -0.39 is 0 Å². The summed E-state index contributed by atoms with van der Waals surface area (Å²) in [4.78, 5) is 11.3. The van der Waals surface area contributed by atoms with Gasteiger partial charge in [-0.3, -0.25) is 4.79 Å². The zero-order valence-corrected chi connectivity index (χ0v) is 9.14. The number of Topliss-reactive ketones (excluding diaryl/α,β-unsaturated/α-hetero) is 1. The standard InChI is InChI=1S/C11H22O2/c1-4-5-6-7-8-9-11(12)10(2)13-3/h10H,4-9H2,1-3H3. The Kier molecular flexibility index (Phi) is 8.00. The lowest BCUT2D eigenvalue weighted by molar-refractivity contribution is -0.127. The molecule has 0 spiro atoms. The van der Waals surface area contributed by atoms with Crippen LogP contribution in [0.2, 0.25) is 0 Å². The van der Waals surface area contributed by atoms with Crippen molar-refractivity contribution in [1.82, 2.24) is 0 Å². The first kappa shape index (κ1) is 12.6. The van der Waals surface area contributed by atoms with Gasteiger partial charge in [-0.1, -0.05) is 32.6 Å². The SMILES string of the molecule is CCCCCCCC(=O)C(C)OC. The number of methoxy groups -OCH3 is 1. The predicted molar refractivity (Wildman–Crippen MR) is 54.9 cm³/mol. The van der Waals surface area contributed by atoms with Crippen molar-refractivity contribution in [2.75, 3.05) is 7.11 Å². The molecule has 0 aliphatic heterocycles. The molecule has 2 heteroatoms. The van der Waals surface area contributed by atoms with E-state index in [-0.39, 0.29) is 11.9 Å². The molecular weight excluding hydrogens is 164 g/mol. The zero-order valence-electron chi connectivity index (χ0n) is 9.14. The molecular formula is C11H22O2. The van der Waals surface area contributed by atoms with Gasteiger partial charge in [-0.25, -0.2) is 0 Å². The van der Waals surface area contributed by atoms with Gasteiger partial charge in [0.05, 0.1) is 0 Å². The molecule has 0 bridgehead atoms. The molecule has 1 unspecified atom stereocenters. The van der Waals surface area contributed by atoms with Crippen LogP contribution in [0.25, 0.3) is 0 Å². The third kappa shape index (κ3) is 6.76. The highest BCUT2D eigenvalue weighted by Gasteiger charge is 2.09. The lowest BCUT2D eigenvalue weighted by atomic mass is 10.1. The second-order valence-electron chi connectivity index (χ2n) is 3.51. The fourth-order valence-electron chi connectivity index (χ4n) is 1.24. The van der Waals surface area contributed by atoms with E-state index >= 15 is 0 Å². The molecule has 0 aromatic carbocycles. The molecule has 0 fully saturated rings. The summed E-state index contributed by atoms with van der Waals surface area (Å²) >= 11 is 0. The van der Waals surface area contributed by atoms with E-state index in [1.54, 1.807) is 7.11 Å². The van der Waals surface area contributed by atoms with Crippen molar-refractivity contribution < 1.29 is 9.53 Å². The van der Waals surface area contributed by atoms with Gasteiger partial charge in [-0.15, -0.1) is 0 Å². The number of ketones is 1. The van der Waals surface area contributed by atoms with Crippen LogP contribution >= 0.6 is 0 Å². The molecule has 0 rings (SSSR count). The zero-order chi connectivity index (χ0) is 10.1. The van der Waals surface area contributed by atoms with Crippen molar-refractivity contribution in [2.24, 2.45) is 0 Å². The molecule has 0 amide bonds. The molecule has 0 radical (unpaired) electrons. The van der Waals surface area contributed by atoms with E-state index in [0.29, 0.717) is 6.42 Å². The number of hydrogen-bond donors (Lipinski definition) is 0. The van der Waals surface area contributed by atoms with E-state index in [1.165, 1.54) is 25.7 Å². The quantitative estimate of drug-likeness (QED) is 0.545. The Morgan fingerprint density at radius 2 is 1.85 bits per heavy atom. The lowest BCUT2D eigenvalue weighted by Crippen LogP contribution is -2.18. The van der Waals surface area contributed by atoms with Crippen LogP contribution in [0.15, 0.2) is 0 Å². The number of carbonyl (C=O) groups is 1. The fraction of sp³-hybridized carbons (Fsp3) is 0.909. The minimum Gasteiger partial charge on any atom is -0.374 e. The predicted octanol–water partition coefficient (Wildman–Crippen LogP) is 2.95. The Bertz CT molecular complexity index is 132. The molecule has 0 saturated heterocycles. The Labute approximate surface area is 81.7 Å². The maximum absolute atomic E-state index is 11.3. The normalized spacial score (nSPS) is 12.8. The van der Waals surface area contributed by atoms with Crippen molar-refractivity contribution in [1.29, 1.82) is 0 Å². The topological polar surface area (TPSA) is 26.3 Å². The monoisotopic (exact) mass is 186 g/mol. The Hall–Kier alpha value is -0.370. The highest BCUT2D eigenvalue weighted by molar-refractivity contribution is 5.82. The van der Waals surface area contributed by atoms with Crippen molar-refractivity contribution in [3.63, 3.8) is 0 Å². The first-order valence-electron chi connectivity index (χ1n) is 5.27. The van der Waals surface area contributed by atoms with E-state index in [9.17, 15) is 4.79 Å². The third-order valence-corrected chi connectivity index (χ3v) is 2.33. The first-order valence-corrected chi connectivity index (χ1v) is 5.27. The fourth-order valence-corrected chi connectivity index (χ4v) is 1.24. The van der Waals surface area contributed by atoms with Gasteiger partial charge in [0.2, 0.25) is 0 Å². The molecule has 0 aromatic rings. The minimum atomic E-state index is -0.217. The summed E-state index contributed by atoms with van der Waals surface area (Å²) in [7, 11) is 1.58. The third-order valence-electron chi connectivity index (χ3n) is 2.33. The van der Waals surface area contributed by atoms with Crippen LogP contribution in [0.5, 0.6) is 0 Å². The van der Waals surface area contributed by atoms with E-state index in [0.717, 1.165) is 6.42 Å². The van der Waals surface area contributed by atoms with Gasteiger partial charge in [-0.2, -0.15) is 0 Å². The molecule has 78 valence electrons. The molecule has 2 nitrogen and oxygen atoms in total. The molecule has 0 N–H and O–H groups in total. The first-order chi connectivity index (χ1) is 6.22. The second-order valence-corrected chi connectivity index (χ2v) is 3.51. The molecule has 1 atom stereocenters. The summed E-state index contributed by atoms with van der Waals surface area (Å²) < 4.78 is 4.94. The van der Waals surface area contributed by atoms with Gasteiger partial charge in [0, 0.05) is 13.5 Å². The molecule has 13 heavy (non-hydrogen) atoms. The molecule has 0 aromatic heterocycles. The van der Waals surface area contributed by atoms with Gasteiger partial charge < -0.3 is 4.74 Å². The number of rotatable bonds is 8. The van der Waals surface area contributed by atoms with Crippen LogP contribution < -0.4 is 0 Å². The maximum Gasteiger partial charge on any atom is 0.161 e. The number of ether oxygens (including phenoxy) is 1. The molecule has 0 saturated carbocycles. The highest BCUT2D eigenvalue weighted by Crippen LogP contribution is 2.07. The molecule has 0 aliphatic rings. The van der Waals surface area contributed by atoms with Gasteiger partial charge in [0.25, 0.3) is 0 Å². The van der Waals surface area contributed by atoms with Crippen molar-refractivity contribution in [3.05, 3.63) is 0 Å². The summed E-state index contributed by atoms with van der Waals surface area (Å²) in [5, 5.41) is 0. The van der Waals surface area contributed by atoms with Crippen LogP contribution in [0.4, 0.5) is 0 Å².